The molecule has 0 bridgehead atoms. The number of nitrogens with zero attached hydrogens (tertiary/aromatic N) is 4. The van der Waals surface area contributed by atoms with E-state index in [2.05, 4.69) is 72.2 Å². The molecule has 6 heteroatoms. The number of aromatic nitrogens is 2. The van der Waals surface area contributed by atoms with Crippen LogP contribution < -0.4 is 0 Å². The number of aryl methyl sites for hydroxylation is 2. The molecule has 3 aliphatic rings. The van der Waals surface area contributed by atoms with Gasteiger partial charge in [0.15, 0.2) is 5.69 Å². The van der Waals surface area contributed by atoms with Gasteiger partial charge in [-0.25, -0.2) is 4.68 Å². The average Bonchev–Trinajstić information content (AvgIpc) is 3.55. The van der Waals surface area contributed by atoms with Gasteiger partial charge in [-0.15, -0.1) is 0 Å². The van der Waals surface area contributed by atoms with Crippen LogP contribution >= 0.6 is 11.3 Å². The number of carbonyl (C=O) groups excluding carboxylic acids is 1. The van der Waals surface area contributed by atoms with Crippen molar-refractivity contribution in [3.8, 4) is 16.9 Å². The summed E-state index contributed by atoms with van der Waals surface area (Å²) in [4.78, 5) is 18.7. The summed E-state index contributed by atoms with van der Waals surface area (Å²) in [6, 6.07) is 6.85. The smallest absolute Gasteiger partial charge is 0.274 e. The van der Waals surface area contributed by atoms with Crippen molar-refractivity contribution in [2.75, 3.05) is 26.2 Å². The maximum Gasteiger partial charge on any atom is 0.274 e. The molecular weight excluding hydrogens is 512 g/mol. The molecule has 0 N–H and O–H groups in total. The summed E-state index contributed by atoms with van der Waals surface area (Å²) >= 11 is 1.67. The predicted octanol–water partition coefficient (Wildman–Crippen LogP) is 7.54. The molecule has 2 fully saturated rings. The van der Waals surface area contributed by atoms with Gasteiger partial charge in [0.1, 0.15) is 0 Å². The van der Waals surface area contributed by atoms with E-state index in [1.807, 2.05) is 4.68 Å². The predicted molar refractivity (Wildman–Crippen MR) is 166 cm³/mol. The molecule has 1 aromatic carbocycles. The van der Waals surface area contributed by atoms with E-state index in [4.69, 9.17) is 5.10 Å². The van der Waals surface area contributed by atoms with E-state index in [9.17, 15) is 4.79 Å². The van der Waals surface area contributed by atoms with Crippen LogP contribution in [0.3, 0.4) is 0 Å². The molecule has 2 aliphatic heterocycles. The minimum absolute atomic E-state index is 0.100. The number of hydrogen-bond donors (Lipinski definition) is 0. The Morgan fingerprint density at radius 2 is 1.82 bits per heavy atom. The second kappa shape index (κ2) is 11.4. The lowest BCUT2D eigenvalue weighted by Gasteiger charge is -2.39. The molecule has 2 aromatic heterocycles. The van der Waals surface area contributed by atoms with Crippen molar-refractivity contribution < 1.29 is 4.79 Å². The van der Waals surface area contributed by atoms with E-state index in [0.717, 1.165) is 88.1 Å². The molecule has 5 nitrogen and oxygen atoms in total. The number of allylic oxidation sites excluding steroid dienone is 2. The van der Waals surface area contributed by atoms with Crippen LogP contribution in [0.2, 0.25) is 0 Å². The van der Waals surface area contributed by atoms with Gasteiger partial charge in [-0.05, 0) is 105 Å². The Morgan fingerprint density at radius 1 is 1.07 bits per heavy atom. The highest BCUT2D eigenvalue weighted by Crippen LogP contribution is 2.40. The molecule has 40 heavy (non-hydrogen) atoms. The minimum Gasteiger partial charge on any atom is -0.375 e. The second-order valence-corrected chi connectivity index (χ2v) is 12.7. The van der Waals surface area contributed by atoms with Crippen molar-refractivity contribution in [3.05, 3.63) is 74.8 Å². The average molecular weight is 555 g/mol. The van der Waals surface area contributed by atoms with Crippen molar-refractivity contribution in [1.82, 2.24) is 19.6 Å². The first-order chi connectivity index (χ1) is 19.4. The second-order valence-electron chi connectivity index (χ2n) is 12.0. The SMILES string of the molecule is C=C(C1CCCN(C(=O)c2nn(-c3ccsc3)c3c2CCc2cc(CC)c(C=C(C)C)cc2-3)CCC1)N1CCC1. The van der Waals surface area contributed by atoms with Crippen molar-refractivity contribution in [2.45, 2.75) is 72.1 Å². The van der Waals surface area contributed by atoms with Gasteiger partial charge in [0.2, 0.25) is 0 Å². The third kappa shape index (κ3) is 5.07. The summed E-state index contributed by atoms with van der Waals surface area (Å²) in [6.07, 6.45) is 10.6. The van der Waals surface area contributed by atoms with Gasteiger partial charge in [0.05, 0.1) is 11.4 Å². The van der Waals surface area contributed by atoms with Crippen molar-refractivity contribution in [2.24, 2.45) is 5.92 Å². The highest BCUT2D eigenvalue weighted by molar-refractivity contribution is 7.08. The molecule has 2 saturated heterocycles. The monoisotopic (exact) mass is 554 g/mol. The first-order valence-electron chi connectivity index (χ1n) is 15.1. The third-order valence-electron chi connectivity index (χ3n) is 9.01. The van der Waals surface area contributed by atoms with E-state index in [1.165, 1.54) is 39.9 Å². The van der Waals surface area contributed by atoms with Crippen molar-refractivity contribution in [1.29, 1.82) is 0 Å². The molecule has 6 rings (SSSR count). The Morgan fingerprint density at radius 3 is 2.45 bits per heavy atom. The van der Waals surface area contributed by atoms with Gasteiger partial charge in [-0.3, -0.25) is 4.79 Å². The van der Waals surface area contributed by atoms with Crippen LogP contribution in [-0.2, 0) is 19.3 Å². The number of hydrogen-bond acceptors (Lipinski definition) is 4. The molecule has 0 unspecified atom stereocenters. The molecule has 0 radical (unpaired) electrons. The highest BCUT2D eigenvalue weighted by Gasteiger charge is 2.32. The highest BCUT2D eigenvalue weighted by atomic mass is 32.1. The Kier molecular flexibility index (Phi) is 7.71. The van der Waals surface area contributed by atoms with E-state index < -0.39 is 0 Å². The van der Waals surface area contributed by atoms with Crippen LogP contribution in [0.4, 0.5) is 0 Å². The lowest BCUT2D eigenvalue weighted by molar-refractivity contribution is 0.0724. The topological polar surface area (TPSA) is 41.4 Å². The molecule has 0 atom stereocenters. The van der Waals surface area contributed by atoms with Gasteiger partial charge < -0.3 is 9.80 Å². The quantitative estimate of drug-likeness (QED) is 0.316. The zero-order valence-corrected chi connectivity index (χ0v) is 25.2. The summed E-state index contributed by atoms with van der Waals surface area (Å²) in [5, 5.41) is 9.30. The van der Waals surface area contributed by atoms with E-state index in [0.29, 0.717) is 11.6 Å². The fraction of sp³-hybridized carbons (Fsp3) is 0.471. The summed E-state index contributed by atoms with van der Waals surface area (Å²) in [5.74, 6) is 0.658. The van der Waals surface area contributed by atoms with Gasteiger partial charge in [0, 0.05) is 48.4 Å². The van der Waals surface area contributed by atoms with Crippen LogP contribution in [0.5, 0.6) is 0 Å². The third-order valence-corrected chi connectivity index (χ3v) is 9.68. The maximum atomic E-state index is 14.1. The lowest BCUT2D eigenvalue weighted by Crippen LogP contribution is -2.40. The van der Waals surface area contributed by atoms with Crippen LogP contribution in [0, 0.1) is 5.92 Å². The molecule has 1 aliphatic carbocycles. The maximum absolute atomic E-state index is 14.1. The fourth-order valence-electron chi connectivity index (χ4n) is 6.71. The number of fused-ring (bicyclic) bond motifs is 3. The Bertz CT molecular complexity index is 1430. The van der Waals surface area contributed by atoms with E-state index >= 15 is 0 Å². The van der Waals surface area contributed by atoms with Crippen LogP contribution in [0.1, 0.15) is 85.6 Å². The summed E-state index contributed by atoms with van der Waals surface area (Å²) < 4.78 is 2.05. The number of rotatable bonds is 6. The zero-order valence-electron chi connectivity index (χ0n) is 24.3. The van der Waals surface area contributed by atoms with Gasteiger partial charge in [0.25, 0.3) is 5.91 Å². The Labute approximate surface area is 243 Å². The van der Waals surface area contributed by atoms with Gasteiger partial charge in [-0.2, -0.15) is 16.4 Å². The summed E-state index contributed by atoms with van der Waals surface area (Å²) in [7, 11) is 0. The van der Waals surface area contributed by atoms with Crippen molar-refractivity contribution in [3.63, 3.8) is 0 Å². The number of benzene rings is 1. The molecule has 210 valence electrons. The number of carbonyl (C=O) groups is 1. The molecule has 1 amide bonds. The Hall–Kier alpha value is -3.12. The Balaban J connectivity index is 1.33. The zero-order chi connectivity index (χ0) is 27.8. The summed E-state index contributed by atoms with van der Waals surface area (Å²) in [6.45, 7) is 14.9. The number of amides is 1. The van der Waals surface area contributed by atoms with Gasteiger partial charge >= 0.3 is 0 Å². The first kappa shape index (κ1) is 27.1. The largest absolute Gasteiger partial charge is 0.375 e. The van der Waals surface area contributed by atoms with E-state index in [1.54, 1.807) is 11.3 Å². The lowest BCUT2D eigenvalue weighted by atomic mass is 9.85. The molecule has 4 heterocycles. The van der Waals surface area contributed by atoms with Crippen LogP contribution in [0.25, 0.3) is 23.0 Å². The number of thiophene rings is 1. The van der Waals surface area contributed by atoms with Crippen LogP contribution in [0.15, 0.2) is 46.8 Å². The first-order valence-corrected chi connectivity index (χ1v) is 16.1. The molecule has 3 aromatic rings. The summed E-state index contributed by atoms with van der Waals surface area (Å²) in [5.41, 5.74) is 11.8. The van der Waals surface area contributed by atoms with Crippen molar-refractivity contribution >= 4 is 23.3 Å². The molecule has 0 spiro atoms. The molecular formula is C34H42N4OS. The minimum atomic E-state index is 0.100. The fourth-order valence-corrected chi connectivity index (χ4v) is 7.33. The van der Waals surface area contributed by atoms with Gasteiger partial charge in [-0.1, -0.05) is 31.2 Å². The number of likely N-dealkylation sites (tertiary alicyclic amines) is 2. The standard InChI is InChI=1S/C34H42N4OS/c1-5-25-20-27-11-12-30-32(34(39)37-14-6-9-26(10-7-15-37)24(4)36-16-8-17-36)35-38(29-13-18-40-22-29)33(30)31(27)21-28(25)19-23(2)3/h13,18-22,26H,4-12,14-17H2,1-3H3. The van der Waals surface area contributed by atoms with E-state index in [-0.39, 0.29) is 5.91 Å². The van der Waals surface area contributed by atoms with Crippen LogP contribution in [-0.4, -0.2) is 51.7 Å². The normalized spacial score (nSPS) is 17.4. The molecule has 0 saturated carbocycles.